The average Bonchev–Trinajstić information content (AvgIpc) is 2.57. The van der Waals surface area contributed by atoms with Gasteiger partial charge >= 0.3 is 5.97 Å². The molecule has 0 unspecified atom stereocenters. The number of hydrogen-bond acceptors (Lipinski definition) is 4. The van der Waals surface area contributed by atoms with Crippen LogP contribution in [0.3, 0.4) is 0 Å². The second-order valence-corrected chi connectivity index (χ2v) is 5.59. The predicted octanol–water partition coefficient (Wildman–Crippen LogP) is 3.38. The lowest BCUT2D eigenvalue weighted by Gasteiger charge is -2.10. The fourth-order valence-corrected chi connectivity index (χ4v) is 2.29. The van der Waals surface area contributed by atoms with Crippen LogP contribution in [0.2, 0.25) is 5.02 Å². The van der Waals surface area contributed by atoms with Crippen LogP contribution in [0.1, 0.15) is 11.1 Å². The molecule has 0 fully saturated rings. The number of carbonyl (C=O) groups is 2. The zero-order chi connectivity index (χ0) is 17.5. The number of para-hydroxylation sites is 1. The monoisotopic (exact) mass is 347 g/mol. The molecule has 0 heterocycles. The molecule has 1 amide bonds. The summed E-state index contributed by atoms with van der Waals surface area (Å²) in [7, 11) is 1.53. The molecule has 0 spiro atoms. The molecule has 0 radical (unpaired) electrons. The van der Waals surface area contributed by atoms with Crippen molar-refractivity contribution in [3.63, 3.8) is 0 Å². The summed E-state index contributed by atoms with van der Waals surface area (Å²) >= 11 is 5.90. The molecule has 126 valence electrons. The van der Waals surface area contributed by atoms with Crippen LogP contribution in [0.15, 0.2) is 42.5 Å². The fourth-order valence-electron chi connectivity index (χ4n) is 2.12. The number of esters is 1. The summed E-state index contributed by atoms with van der Waals surface area (Å²) in [5, 5.41) is 3.19. The molecule has 0 saturated carbocycles. The number of nitrogens with one attached hydrogen (secondary N) is 1. The average molecular weight is 348 g/mol. The van der Waals surface area contributed by atoms with Crippen molar-refractivity contribution in [2.45, 2.75) is 13.3 Å². The second kappa shape index (κ2) is 8.36. The number of halogens is 1. The highest BCUT2D eigenvalue weighted by atomic mass is 35.5. The van der Waals surface area contributed by atoms with Crippen LogP contribution in [0.5, 0.6) is 5.75 Å². The Kier molecular flexibility index (Phi) is 6.21. The highest BCUT2D eigenvalue weighted by molar-refractivity contribution is 6.31. The molecule has 1 N–H and O–H groups in total. The summed E-state index contributed by atoms with van der Waals surface area (Å²) < 4.78 is 10.2. The maximum atomic E-state index is 11.9. The molecule has 24 heavy (non-hydrogen) atoms. The summed E-state index contributed by atoms with van der Waals surface area (Å²) in [5.74, 6) is -0.320. The SMILES string of the molecule is COc1ccccc1CC(=O)OCC(=O)Nc1cc(Cl)ccc1C. The van der Waals surface area contributed by atoms with E-state index in [2.05, 4.69) is 5.32 Å². The van der Waals surface area contributed by atoms with E-state index in [9.17, 15) is 9.59 Å². The van der Waals surface area contributed by atoms with E-state index in [1.807, 2.05) is 13.0 Å². The van der Waals surface area contributed by atoms with Gasteiger partial charge in [0, 0.05) is 16.3 Å². The van der Waals surface area contributed by atoms with Gasteiger partial charge in [-0.05, 0) is 30.7 Å². The van der Waals surface area contributed by atoms with Crippen molar-refractivity contribution in [1.82, 2.24) is 0 Å². The summed E-state index contributed by atoms with van der Waals surface area (Å²) in [6.45, 7) is 1.49. The van der Waals surface area contributed by atoms with Crippen molar-refractivity contribution in [1.29, 1.82) is 0 Å². The van der Waals surface area contributed by atoms with Crippen LogP contribution in [0.25, 0.3) is 0 Å². The van der Waals surface area contributed by atoms with Gasteiger partial charge in [0.2, 0.25) is 0 Å². The highest BCUT2D eigenvalue weighted by Crippen LogP contribution is 2.20. The maximum Gasteiger partial charge on any atom is 0.310 e. The summed E-state index contributed by atoms with van der Waals surface area (Å²) in [4.78, 5) is 23.8. The number of amides is 1. The molecule has 0 aromatic heterocycles. The molecular formula is C18H18ClNO4. The number of aryl methyl sites for hydroxylation is 1. The van der Waals surface area contributed by atoms with Crippen LogP contribution < -0.4 is 10.1 Å². The minimum Gasteiger partial charge on any atom is -0.496 e. The molecule has 2 aromatic rings. The van der Waals surface area contributed by atoms with Crippen molar-refractivity contribution < 1.29 is 19.1 Å². The van der Waals surface area contributed by atoms with Gasteiger partial charge in [0.1, 0.15) is 5.75 Å². The van der Waals surface area contributed by atoms with E-state index < -0.39 is 11.9 Å². The van der Waals surface area contributed by atoms with E-state index in [0.717, 1.165) is 5.56 Å². The number of benzene rings is 2. The normalized spacial score (nSPS) is 10.1. The zero-order valence-corrected chi connectivity index (χ0v) is 14.2. The highest BCUT2D eigenvalue weighted by Gasteiger charge is 2.12. The minimum absolute atomic E-state index is 0.0352. The lowest BCUT2D eigenvalue weighted by Crippen LogP contribution is -2.22. The number of ether oxygens (including phenoxy) is 2. The zero-order valence-electron chi connectivity index (χ0n) is 13.5. The van der Waals surface area contributed by atoms with E-state index >= 15 is 0 Å². The number of anilines is 1. The third-order valence-corrected chi connectivity index (χ3v) is 3.60. The first-order valence-corrected chi connectivity index (χ1v) is 7.71. The summed E-state index contributed by atoms with van der Waals surface area (Å²) in [6.07, 6.45) is 0.0352. The van der Waals surface area contributed by atoms with E-state index in [-0.39, 0.29) is 13.0 Å². The van der Waals surface area contributed by atoms with E-state index in [4.69, 9.17) is 21.1 Å². The smallest absolute Gasteiger partial charge is 0.310 e. The Labute approximate surface area is 145 Å². The third-order valence-electron chi connectivity index (χ3n) is 3.37. The lowest BCUT2D eigenvalue weighted by atomic mass is 10.1. The first-order valence-electron chi connectivity index (χ1n) is 7.33. The predicted molar refractivity (Wildman–Crippen MR) is 92.5 cm³/mol. The molecule has 2 rings (SSSR count). The van der Waals surface area contributed by atoms with Gasteiger partial charge in [-0.25, -0.2) is 0 Å². The first kappa shape index (κ1) is 17.8. The van der Waals surface area contributed by atoms with Crippen molar-refractivity contribution in [3.8, 4) is 5.75 Å². The van der Waals surface area contributed by atoms with Crippen LogP contribution >= 0.6 is 11.6 Å². The Bertz CT molecular complexity index is 746. The Balaban J connectivity index is 1.87. The molecule has 0 aliphatic carbocycles. The largest absolute Gasteiger partial charge is 0.496 e. The van der Waals surface area contributed by atoms with Crippen LogP contribution in [0, 0.1) is 6.92 Å². The molecule has 0 atom stereocenters. The van der Waals surface area contributed by atoms with E-state index in [1.165, 1.54) is 7.11 Å². The quantitative estimate of drug-likeness (QED) is 0.813. The Morgan fingerprint density at radius 1 is 1.17 bits per heavy atom. The topological polar surface area (TPSA) is 64.6 Å². The van der Waals surface area contributed by atoms with Crippen LogP contribution in [0.4, 0.5) is 5.69 Å². The summed E-state index contributed by atoms with van der Waals surface area (Å²) in [5.41, 5.74) is 2.16. The van der Waals surface area contributed by atoms with Crippen LogP contribution in [-0.2, 0) is 20.7 Å². The first-order chi connectivity index (χ1) is 11.5. The number of methoxy groups -OCH3 is 1. The van der Waals surface area contributed by atoms with Gasteiger partial charge < -0.3 is 14.8 Å². The second-order valence-electron chi connectivity index (χ2n) is 5.16. The van der Waals surface area contributed by atoms with Gasteiger partial charge in [-0.2, -0.15) is 0 Å². The molecule has 0 aliphatic heterocycles. The number of rotatable bonds is 6. The molecule has 6 heteroatoms. The number of carbonyl (C=O) groups excluding carboxylic acids is 2. The summed E-state index contributed by atoms with van der Waals surface area (Å²) in [6, 6.07) is 12.3. The Morgan fingerprint density at radius 3 is 2.67 bits per heavy atom. The van der Waals surface area contributed by atoms with Crippen molar-refractivity contribution in [3.05, 3.63) is 58.6 Å². The van der Waals surface area contributed by atoms with Gasteiger partial charge in [0.25, 0.3) is 5.91 Å². The van der Waals surface area contributed by atoms with Crippen molar-refractivity contribution in [2.24, 2.45) is 0 Å². The fraction of sp³-hybridized carbons (Fsp3) is 0.222. The molecular weight excluding hydrogens is 330 g/mol. The van der Waals surface area contributed by atoms with Gasteiger partial charge in [0.15, 0.2) is 6.61 Å². The molecule has 0 saturated heterocycles. The van der Waals surface area contributed by atoms with E-state index in [1.54, 1.807) is 36.4 Å². The van der Waals surface area contributed by atoms with Gasteiger partial charge in [-0.1, -0.05) is 35.9 Å². The lowest BCUT2D eigenvalue weighted by molar-refractivity contribution is -0.146. The van der Waals surface area contributed by atoms with Crippen LogP contribution in [-0.4, -0.2) is 25.6 Å². The van der Waals surface area contributed by atoms with E-state index in [0.29, 0.717) is 22.0 Å². The van der Waals surface area contributed by atoms with Crippen molar-refractivity contribution >= 4 is 29.2 Å². The minimum atomic E-state index is -0.502. The Morgan fingerprint density at radius 2 is 1.92 bits per heavy atom. The van der Waals surface area contributed by atoms with Gasteiger partial charge in [-0.15, -0.1) is 0 Å². The molecule has 0 bridgehead atoms. The maximum absolute atomic E-state index is 11.9. The molecule has 2 aromatic carbocycles. The standard InChI is InChI=1S/C18H18ClNO4/c1-12-7-8-14(19)10-15(12)20-17(21)11-24-18(22)9-13-5-3-4-6-16(13)23-2/h3-8,10H,9,11H2,1-2H3,(H,20,21). The third kappa shape index (κ3) is 4.99. The van der Waals surface area contributed by atoms with Gasteiger partial charge in [0.05, 0.1) is 13.5 Å². The van der Waals surface area contributed by atoms with Gasteiger partial charge in [-0.3, -0.25) is 9.59 Å². The molecule has 5 nitrogen and oxygen atoms in total. The van der Waals surface area contributed by atoms with Crippen molar-refractivity contribution in [2.75, 3.05) is 19.0 Å². The Hall–Kier alpha value is -2.53. The number of hydrogen-bond donors (Lipinski definition) is 1. The molecule has 0 aliphatic rings.